The number of hydrogen-bond donors (Lipinski definition) is 3. The first kappa shape index (κ1) is 12.2. The van der Waals surface area contributed by atoms with E-state index in [9.17, 15) is 4.79 Å². The van der Waals surface area contributed by atoms with E-state index in [-0.39, 0.29) is 5.91 Å². The van der Waals surface area contributed by atoms with Crippen molar-refractivity contribution in [2.24, 2.45) is 5.73 Å². The van der Waals surface area contributed by atoms with Crippen molar-refractivity contribution in [3.05, 3.63) is 30.5 Å². The summed E-state index contributed by atoms with van der Waals surface area (Å²) in [5, 5.41) is 4.17. The Bertz CT molecular complexity index is 568. The molecule has 0 unspecified atom stereocenters. The van der Waals surface area contributed by atoms with E-state index in [4.69, 9.17) is 11.5 Å². The first-order chi connectivity index (χ1) is 8.68. The predicted octanol–water partition coefficient (Wildman–Crippen LogP) is 1.49. The SMILES string of the molecule is NC(=O)CCCNc1ccc(N)c2cccnc12. The lowest BCUT2D eigenvalue weighted by Crippen LogP contribution is -2.12. The molecule has 5 N–H and O–H groups in total. The number of carbonyl (C=O) groups excluding carboxylic acids is 1. The Labute approximate surface area is 105 Å². The molecule has 18 heavy (non-hydrogen) atoms. The monoisotopic (exact) mass is 244 g/mol. The zero-order valence-electron chi connectivity index (χ0n) is 10.0. The number of pyridine rings is 1. The fourth-order valence-corrected chi connectivity index (χ4v) is 1.82. The van der Waals surface area contributed by atoms with E-state index in [1.54, 1.807) is 6.20 Å². The Kier molecular flexibility index (Phi) is 3.62. The molecular formula is C13H16N4O. The molecule has 0 bridgehead atoms. The Morgan fingerprint density at radius 3 is 2.94 bits per heavy atom. The molecular weight excluding hydrogens is 228 g/mol. The zero-order valence-corrected chi connectivity index (χ0v) is 10.0. The number of nitrogens with zero attached hydrogens (tertiary/aromatic N) is 1. The minimum absolute atomic E-state index is 0.280. The number of carbonyl (C=O) groups is 1. The summed E-state index contributed by atoms with van der Waals surface area (Å²) in [5.41, 5.74) is 13.5. The van der Waals surface area contributed by atoms with Crippen LogP contribution >= 0.6 is 0 Å². The fourth-order valence-electron chi connectivity index (χ4n) is 1.82. The van der Waals surface area contributed by atoms with Crippen molar-refractivity contribution >= 4 is 28.2 Å². The second kappa shape index (κ2) is 5.35. The Balaban J connectivity index is 2.14. The third kappa shape index (κ3) is 2.68. The van der Waals surface area contributed by atoms with Gasteiger partial charge in [-0.15, -0.1) is 0 Å². The predicted molar refractivity (Wildman–Crippen MR) is 73.1 cm³/mol. The summed E-state index contributed by atoms with van der Waals surface area (Å²) in [6, 6.07) is 7.54. The number of fused-ring (bicyclic) bond motifs is 1. The molecule has 0 saturated carbocycles. The highest BCUT2D eigenvalue weighted by molar-refractivity contribution is 5.98. The van der Waals surface area contributed by atoms with Crippen LogP contribution in [0, 0.1) is 0 Å². The minimum Gasteiger partial charge on any atom is -0.398 e. The van der Waals surface area contributed by atoms with Gasteiger partial charge in [-0.2, -0.15) is 0 Å². The largest absolute Gasteiger partial charge is 0.398 e. The second-order valence-electron chi connectivity index (χ2n) is 4.10. The van der Waals surface area contributed by atoms with Gasteiger partial charge in [0.1, 0.15) is 0 Å². The van der Waals surface area contributed by atoms with Crippen LogP contribution in [0.4, 0.5) is 11.4 Å². The van der Waals surface area contributed by atoms with Crippen LogP contribution in [0.1, 0.15) is 12.8 Å². The molecule has 94 valence electrons. The number of hydrogen-bond acceptors (Lipinski definition) is 4. The molecule has 0 radical (unpaired) electrons. The van der Waals surface area contributed by atoms with Crippen LogP contribution < -0.4 is 16.8 Å². The van der Waals surface area contributed by atoms with E-state index in [0.717, 1.165) is 16.6 Å². The summed E-state index contributed by atoms with van der Waals surface area (Å²) in [6.45, 7) is 0.679. The maximum atomic E-state index is 10.6. The van der Waals surface area contributed by atoms with E-state index in [2.05, 4.69) is 10.3 Å². The van der Waals surface area contributed by atoms with Crippen molar-refractivity contribution in [2.45, 2.75) is 12.8 Å². The van der Waals surface area contributed by atoms with E-state index in [0.29, 0.717) is 25.1 Å². The number of nitrogens with one attached hydrogen (secondary N) is 1. The summed E-state index contributed by atoms with van der Waals surface area (Å²) in [6.07, 6.45) is 2.82. The van der Waals surface area contributed by atoms with E-state index >= 15 is 0 Å². The maximum Gasteiger partial charge on any atom is 0.217 e. The normalized spacial score (nSPS) is 10.4. The van der Waals surface area contributed by atoms with Crippen molar-refractivity contribution in [1.29, 1.82) is 0 Å². The molecule has 0 spiro atoms. The first-order valence-corrected chi connectivity index (χ1v) is 5.84. The van der Waals surface area contributed by atoms with Gasteiger partial charge in [0.25, 0.3) is 0 Å². The van der Waals surface area contributed by atoms with E-state index in [1.165, 1.54) is 0 Å². The number of aromatic nitrogens is 1. The van der Waals surface area contributed by atoms with Crippen molar-refractivity contribution in [1.82, 2.24) is 4.98 Å². The van der Waals surface area contributed by atoms with Gasteiger partial charge in [0.05, 0.1) is 11.2 Å². The molecule has 0 aliphatic heterocycles. The van der Waals surface area contributed by atoms with Gasteiger partial charge in [-0.05, 0) is 30.7 Å². The van der Waals surface area contributed by atoms with Gasteiger partial charge in [0.2, 0.25) is 5.91 Å². The Morgan fingerprint density at radius 1 is 1.33 bits per heavy atom. The summed E-state index contributed by atoms with van der Waals surface area (Å²) in [7, 11) is 0. The molecule has 5 nitrogen and oxygen atoms in total. The number of primary amides is 1. The van der Waals surface area contributed by atoms with Crippen LogP contribution in [-0.2, 0) is 4.79 Å². The first-order valence-electron chi connectivity index (χ1n) is 5.84. The van der Waals surface area contributed by atoms with Crippen molar-refractivity contribution < 1.29 is 4.79 Å². The molecule has 0 saturated heterocycles. The number of rotatable bonds is 5. The van der Waals surface area contributed by atoms with E-state index in [1.807, 2.05) is 24.3 Å². The van der Waals surface area contributed by atoms with Gasteiger partial charge >= 0.3 is 0 Å². The molecule has 0 aliphatic rings. The summed E-state index contributed by atoms with van der Waals surface area (Å²) in [5.74, 6) is -0.280. The van der Waals surface area contributed by atoms with Crippen LogP contribution in [0.15, 0.2) is 30.5 Å². The third-order valence-corrected chi connectivity index (χ3v) is 2.72. The number of nitrogens with two attached hydrogens (primary N) is 2. The molecule has 0 atom stereocenters. The van der Waals surface area contributed by atoms with Crippen LogP contribution in [0.25, 0.3) is 10.9 Å². The zero-order chi connectivity index (χ0) is 13.0. The summed E-state index contributed by atoms with van der Waals surface area (Å²) >= 11 is 0. The van der Waals surface area contributed by atoms with Crippen LogP contribution in [0.2, 0.25) is 0 Å². The Morgan fingerprint density at radius 2 is 2.17 bits per heavy atom. The molecule has 1 aromatic carbocycles. The molecule has 0 fully saturated rings. The van der Waals surface area contributed by atoms with Crippen LogP contribution in [-0.4, -0.2) is 17.4 Å². The number of benzene rings is 1. The highest BCUT2D eigenvalue weighted by atomic mass is 16.1. The molecule has 5 heteroatoms. The van der Waals surface area contributed by atoms with Gasteiger partial charge in [-0.1, -0.05) is 0 Å². The Hall–Kier alpha value is -2.30. The number of nitrogen functional groups attached to an aromatic ring is 1. The molecule has 1 amide bonds. The minimum atomic E-state index is -0.280. The summed E-state index contributed by atoms with van der Waals surface area (Å²) in [4.78, 5) is 15.0. The van der Waals surface area contributed by atoms with E-state index < -0.39 is 0 Å². The van der Waals surface area contributed by atoms with Crippen LogP contribution in [0.3, 0.4) is 0 Å². The smallest absolute Gasteiger partial charge is 0.217 e. The highest BCUT2D eigenvalue weighted by Gasteiger charge is 2.04. The fraction of sp³-hybridized carbons (Fsp3) is 0.231. The topological polar surface area (TPSA) is 94.0 Å². The van der Waals surface area contributed by atoms with Gasteiger partial charge in [-0.25, -0.2) is 0 Å². The quantitative estimate of drug-likeness (QED) is 0.548. The maximum absolute atomic E-state index is 10.6. The van der Waals surface area contributed by atoms with Crippen molar-refractivity contribution in [2.75, 3.05) is 17.6 Å². The van der Waals surface area contributed by atoms with Gasteiger partial charge in [0, 0.05) is 30.2 Å². The highest BCUT2D eigenvalue weighted by Crippen LogP contribution is 2.26. The van der Waals surface area contributed by atoms with Gasteiger partial charge in [0.15, 0.2) is 0 Å². The molecule has 1 aromatic heterocycles. The average Bonchev–Trinajstić information content (AvgIpc) is 2.37. The lowest BCUT2D eigenvalue weighted by atomic mass is 10.1. The lowest BCUT2D eigenvalue weighted by molar-refractivity contribution is -0.118. The molecule has 2 rings (SSSR count). The molecule has 2 aromatic rings. The molecule has 1 heterocycles. The average molecular weight is 244 g/mol. The number of amides is 1. The summed E-state index contributed by atoms with van der Waals surface area (Å²) < 4.78 is 0. The standard InChI is InChI=1S/C13H16N4O/c14-10-5-6-11(16-7-2-4-12(15)18)13-9(10)3-1-8-17-13/h1,3,5-6,8,16H,2,4,7,14H2,(H2,15,18). The van der Waals surface area contributed by atoms with Crippen LogP contribution in [0.5, 0.6) is 0 Å². The lowest BCUT2D eigenvalue weighted by Gasteiger charge is -2.10. The number of anilines is 2. The van der Waals surface area contributed by atoms with Crippen molar-refractivity contribution in [3.63, 3.8) is 0 Å². The third-order valence-electron chi connectivity index (χ3n) is 2.72. The molecule has 0 aliphatic carbocycles. The second-order valence-corrected chi connectivity index (χ2v) is 4.10. The van der Waals surface area contributed by atoms with Gasteiger partial charge in [-0.3, -0.25) is 9.78 Å². The van der Waals surface area contributed by atoms with Crippen molar-refractivity contribution in [3.8, 4) is 0 Å². The van der Waals surface area contributed by atoms with Gasteiger partial charge < -0.3 is 16.8 Å².